The number of aromatic nitrogens is 1. The molecule has 1 aromatic carbocycles. The zero-order valence-electron chi connectivity index (χ0n) is 15.0. The van der Waals surface area contributed by atoms with Gasteiger partial charge in [0.15, 0.2) is 11.6 Å². The molecule has 1 aliphatic heterocycles. The summed E-state index contributed by atoms with van der Waals surface area (Å²) >= 11 is 0. The highest BCUT2D eigenvalue weighted by Crippen LogP contribution is 2.22. The van der Waals surface area contributed by atoms with Crippen molar-refractivity contribution >= 4 is 5.69 Å². The van der Waals surface area contributed by atoms with Crippen molar-refractivity contribution in [2.45, 2.75) is 39.3 Å². The van der Waals surface area contributed by atoms with Gasteiger partial charge in [-0.3, -0.25) is 9.88 Å². The SMILES string of the molecule is CCOc1cc(CN2CCC(Nc3ccnc(C)c3)CC2)ccc1F. The van der Waals surface area contributed by atoms with Crippen molar-refractivity contribution < 1.29 is 9.13 Å². The zero-order chi connectivity index (χ0) is 17.6. The second kappa shape index (κ2) is 8.30. The average molecular weight is 343 g/mol. The number of hydrogen-bond donors (Lipinski definition) is 1. The molecule has 0 unspecified atom stereocenters. The third-order valence-corrected chi connectivity index (χ3v) is 4.56. The summed E-state index contributed by atoms with van der Waals surface area (Å²) in [5.74, 6) is 0.0609. The van der Waals surface area contributed by atoms with Crippen LogP contribution < -0.4 is 10.1 Å². The minimum atomic E-state index is -0.291. The van der Waals surface area contributed by atoms with Crippen molar-refractivity contribution in [3.8, 4) is 5.75 Å². The van der Waals surface area contributed by atoms with Crippen LogP contribution in [-0.4, -0.2) is 35.6 Å². The predicted molar refractivity (Wildman–Crippen MR) is 98.5 cm³/mol. The minimum absolute atomic E-state index is 0.291. The van der Waals surface area contributed by atoms with Gasteiger partial charge in [-0.15, -0.1) is 0 Å². The monoisotopic (exact) mass is 343 g/mol. The molecular formula is C20H26FN3O. The highest BCUT2D eigenvalue weighted by Gasteiger charge is 2.19. The Hall–Kier alpha value is -2.14. The first kappa shape index (κ1) is 17.7. The summed E-state index contributed by atoms with van der Waals surface area (Å²) in [6.45, 7) is 7.25. The molecule has 0 radical (unpaired) electrons. The van der Waals surface area contributed by atoms with Crippen LogP contribution in [0.4, 0.5) is 10.1 Å². The molecule has 2 heterocycles. The number of pyridine rings is 1. The number of nitrogens with zero attached hydrogens (tertiary/aromatic N) is 2. The smallest absolute Gasteiger partial charge is 0.165 e. The lowest BCUT2D eigenvalue weighted by Crippen LogP contribution is -2.38. The molecule has 0 bridgehead atoms. The number of halogens is 1. The van der Waals surface area contributed by atoms with E-state index in [-0.39, 0.29) is 5.82 Å². The maximum absolute atomic E-state index is 13.7. The molecule has 1 aliphatic rings. The fourth-order valence-electron chi connectivity index (χ4n) is 3.28. The van der Waals surface area contributed by atoms with Crippen LogP contribution in [0.1, 0.15) is 31.0 Å². The number of rotatable bonds is 6. The van der Waals surface area contributed by atoms with Gasteiger partial charge in [0.05, 0.1) is 6.61 Å². The van der Waals surface area contributed by atoms with E-state index in [2.05, 4.69) is 21.3 Å². The summed E-state index contributed by atoms with van der Waals surface area (Å²) in [7, 11) is 0. The molecule has 3 rings (SSSR count). The Labute approximate surface area is 149 Å². The topological polar surface area (TPSA) is 37.4 Å². The molecule has 5 heteroatoms. The van der Waals surface area contributed by atoms with Crippen molar-refractivity contribution in [1.29, 1.82) is 0 Å². The Kier molecular flexibility index (Phi) is 5.87. The van der Waals surface area contributed by atoms with Gasteiger partial charge in [0.1, 0.15) is 0 Å². The Morgan fingerprint density at radius 1 is 1.24 bits per heavy atom. The van der Waals surface area contributed by atoms with E-state index in [0.717, 1.165) is 49.4 Å². The molecular weight excluding hydrogens is 317 g/mol. The standard InChI is InChI=1S/C20H26FN3O/c1-3-25-20-13-16(4-5-19(20)21)14-24-10-7-17(8-11-24)23-18-6-9-22-15(2)12-18/h4-6,9,12-13,17H,3,7-8,10-11,14H2,1-2H3,(H,22,23). The molecule has 1 saturated heterocycles. The van der Waals surface area contributed by atoms with E-state index in [9.17, 15) is 4.39 Å². The Balaban J connectivity index is 1.51. The van der Waals surface area contributed by atoms with Crippen LogP contribution in [0.5, 0.6) is 5.75 Å². The van der Waals surface area contributed by atoms with Crippen LogP contribution in [0, 0.1) is 12.7 Å². The van der Waals surface area contributed by atoms with Gasteiger partial charge >= 0.3 is 0 Å². The maximum Gasteiger partial charge on any atom is 0.165 e. The van der Waals surface area contributed by atoms with E-state index in [1.165, 1.54) is 6.07 Å². The summed E-state index contributed by atoms with van der Waals surface area (Å²) in [6, 6.07) is 9.77. The van der Waals surface area contributed by atoms with E-state index in [1.54, 1.807) is 0 Å². The highest BCUT2D eigenvalue weighted by molar-refractivity contribution is 5.44. The molecule has 0 saturated carbocycles. The normalized spacial score (nSPS) is 16.0. The van der Waals surface area contributed by atoms with E-state index in [1.807, 2.05) is 38.2 Å². The van der Waals surface area contributed by atoms with Gasteiger partial charge in [-0.25, -0.2) is 4.39 Å². The highest BCUT2D eigenvalue weighted by atomic mass is 19.1. The van der Waals surface area contributed by atoms with Crippen LogP contribution in [0.15, 0.2) is 36.5 Å². The van der Waals surface area contributed by atoms with E-state index < -0.39 is 0 Å². The molecule has 25 heavy (non-hydrogen) atoms. The number of likely N-dealkylation sites (tertiary alicyclic amines) is 1. The number of nitrogens with one attached hydrogen (secondary N) is 1. The predicted octanol–water partition coefficient (Wildman–Crippen LogP) is 4.00. The Morgan fingerprint density at radius 2 is 2.04 bits per heavy atom. The number of piperidine rings is 1. The molecule has 1 fully saturated rings. The summed E-state index contributed by atoms with van der Waals surface area (Å²) in [6.07, 6.45) is 4.04. The zero-order valence-corrected chi connectivity index (χ0v) is 15.0. The molecule has 0 atom stereocenters. The van der Waals surface area contributed by atoms with Crippen LogP contribution in [-0.2, 0) is 6.54 Å². The molecule has 1 N–H and O–H groups in total. The molecule has 2 aromatic rings. The number of benzene rings is 1. The summed E-state index contributed by atoms with van der Waals surface area (Å²) in [5.41, 5.74) is 3.27. The summed E-state index contributed by atoms with van der Waals surface area (Å²) in [5, 5.41) is 3.60. The lowest BCUT2D eigenvalue weighted by Gasteiger charge is -2.33. The van der Waals surface area contributed by atoms with Crippen LogP contribution in [0.3, 0.4) is 0 Å². The first-order valence-electron chi connectivity index (χ1n) is 8.97. The second-order valence-electron chi connectivity index (χ2n) is 6.58. The van der Waals surface area contributed by atoms with Crippen molar-refractivity contribution in [1.82, 2.24) is 9.88 Å². The van der Waals surface area contributed by atoms with Crippen LogP contribution >= 0.6 is 0 Å². The van der Waals surface area contributed by atoms with Crippen molar-refractivity contribution in [3.05, 3.63) is 53.6 Å². The van der Waals surface area contributed by atoms with Crippen LogP contribution in [0.25, 0.3) is 0 Å². The Bertz CT molecular complexity index is 699. The number of ether oxygens (including phenoxy) is 1. The average Bonchev–Trinajstić information content (AvgIpc) is 2.60. The molecule has 0 amide bonds. The first-order chi connectivity index (χ1) is 12.1. The van der Waals surface area contributed by atoms with Gasteiger partial charge < -0.3 is 10.1 Å². The Morgan fingerprint density at radius 3 is 2.76 bits per heavy atom. The summed E-state index contributed by atoms with van der Waals surface area (Å²) < 4.78 is 19.0. The van der Waals surface area contributed by atoms with Gasteiger partial charge in [0, 0.05) is 43.3 Å². The van der Waals surface area contributed by atoms with E-state index in [0.29, 0.717) is 18.4 Å². The van der Waals surface area contributed by atoms with Gasteiger partial charge in [-0.1, -0.05) is 6.07 Å². The molecule has 0 spiro atoms. The molecule has 0 aliphatic carbocycles. The maximum atomic E-state index is 13.7. The van der Waals surface area contributed by atoms with E-state index >= 15 is 0 Å². The fraction of sp³-hybridized carbons (Fsp3) is 0.450. The van der Waals surface area contributed by atoms with Crippen molar-refractivity contribution in [2.24, 2.45) is 0 Å². The lowest BCUT2D eigenvalue weighted by atomic mass is 10.0. The van der Waals surface area contributed by atoms with Gasteiger partial charge in [-0.05, 0) is 56.5 Å². The lowest BCUT2D eigenvalue weighted by molar-refractivity contribution is 0.211. The third kappa shape index (κ3) is 4.92. The second-order valence-corrected chi connectivity index (χ2v) is 6.58. The number of anilines is 1. The molecule has 1 aromatic heterocycles. The largest absolute Gasteiger partial charge is 0.491 e. The quantitative estimate of drug-likeness (QED) is 0.860. The van der Waals surface area contributed by atoms with E-state index in [4.69, 9.17) is 4.74 Å². The van der Waals surface area contributed by atoms with Crippen molar-refractivity contribution in [3.63, 3.8) is 0 Å². The minimum Gasteiger partial charge on any atom is -0.491 e. The molecule has 4 nitrogen and oxygen atoms in total. The van der Waals surface area contributed by atoms with Crippen molar-refractivity contribution in [2.75, 3.05) is 25.0 Å². The third-order valence-electron chi connectivity index (χ3n) is 4.56. The van der Waals surface area contributed by atoms with Crippen LogP contribution in [0.2, 0.25) is 0 Å². The molecule has 134 valence electrons. The van der Waals surface area contributed by atoms with Gasteiger partial charge in [0.2, 0.25) is 0 Å². The van der Waals surface area contributed by atoms with Gasteiger partial charge in [-0.2, -0.15) is 0 Å². The number of hydrogen-bond acceptors (Lipinski definition) is 4. The fourth-order valence-corrected chi connectivity index (χ4v) is 3.28. The van der Waals surface area contributed by atoms with Gasteiger partial charge in [0.25, 0.3) is 0 Å². The summed E-state index contributed by atoms with van der Waals surface area (Å²) in [4.78, 5) is 6.65. The first-order valence-corrected chi connectivity index (χ1v) is 8.97. The number of aryl methyl sites for hydroxylation is 1.